The second-order valence-corrected chi connectivity index (χ2v) is 6.73. The first-order valence-corrected chi connectivity index (χ1v) is 9.11. The summed E-state index contributed by atoms with van der Waals surface area (Å²) >= 11 is 1.31. The van der Waals surface area contributed by atoms with E-state index in [1.165, 1.54) is 16.7 Å². The molecule has 3 rings (SSSR count). The minimum Gasteiger partial charge on any atom is -0.483 e. The highest BCUT2D eigenvalue weighted by molar-refractivity contribution is 8.18. The predicted octanol–water partition coefficient (Wildman–Crippen LogP) is 3.24. The molecule has 6 nitrogen and oxygen atoms in total. The van der Waals surface area contributed by atoms with E-state index in [-0.39, 0.29) is 18.4 Å². The summed E-state index contributed by atoms with van der Waals surface area (Å²) in [5.74, 6) is 0.165. The molecule has 7 heteroatoms. The molecule has 0 radical (unpaired) electrons. The smallest absolute Gasteiger partial charge is 0.266 e. The van der Waals surface area contributed by atoms with Crippen LogP contribution in [0.15, 0.2) is 64.5 Å². The SMILES string of the molecule is CN=C1SC(=Cc2ccccc2OCC(=O)Nc2ccccc2)C(=O)N1C. The molecule has 0 aliphatic carbocycles. The zero-order valence-electron chi connectivity index (χ0n) is 15.0. The molecule has 1 fully saturated rings. The first-order chi connectivity index (χ1) is 13.1. The Morgan fingerprint density at radius 1 is 1.19 bits per heavy atom. The number of nitrogens with zero attached hydrogens (tertiary/aromatic N) is 2. The van der Waals surface area contributed by atoms with Crippen LogP contribution in [-0.4, -0.2) is 42.6 Å². The molecule has 0 aromatic heterocycles. The van der Waals surface area contributed by atoms with Gasteiger partial charge in [-0.05, 0) is 36.0 Å². The molecule has 1 saturated heterocycles. The zero-order valence-corrected chi connectivity index (χ0v) is 15.8. The fourth-order valence-corrected chi connectivity index (χ4v) is 3.40. The van der Waals surface area contributed by atoms with Crippen molar-refractivity contribution in [3.05, 3.63) is 65.1 Å². The van der Waals surface area contributed by atoms with Crippen molar-refractivity contribution in [1.82, 2.24) is 4.90 Å². The van der Waals surface area contributed by atoms with E-state index in [0.29, 0.717) is 21.5 Å². The molecular weight excluding hydrogens is 362 g/mol. The monoisotopic (exact) mass is 381 g/mol. The minimum absolute atomic E-state index is 0.114. The highest BCUT2D eigenvalue weighted by Crippen LogP contribution is 2.33. The van der Waals surface area contributed by atoms with Crippen molar-refractivity contribution in [2.45, 2.75) is 0 Å². The number of amides is 2. The molecule has 1 aliphatic heterocycles. The summed E-state index contributed by atoms with van der Waals surface area (Å²) in [6.07, 6.45) is 1.76. The van der Waals surface area contributed by atoms with E-state index in [9.17, 15) is 9.59 Å². The molecule has 2 amide bonds. The van der Waals surface area contributed by atoms with Crippen LogP contribution in [0.25, 0.3) is 6.08 Å². The molecule has 0 unspecified atom stereocenters. The molecule has 2 aromatic carbocycles. The van der Waals surface area contributed by atoms with E-state index in [1.807, 2.05) is 48.5 Å². The molecule has 0 spiro atoms. The van der Waals surface area contributed by atoms with E-state index in [2.05, 4.69) is 10.3 Å². The van der Waals surface area contributed by atoms with Crippen molar-refractivity contribution in [2.24, 2.45) is 4.99 Å². The molecule has 1 heterocycles. The maximum Gasteiger partial charge on any atom is 0.266 e. The molecule has 0 saturated carbocycles. The number of ether oxygens (including phenoxy) is 1. The zero-order chi connectivity index (χ0) is 19.2. The summed E-state index contributed by atoms with van der Waals surface area (Å²) in [5, 5.41) is 3.42. The van der Waals surface area contributed by atoms with Gasteiger partial charge in [-0.3, -0.25) is 19.5 Å². The first-order valence-electron chi connectivity index (χ1n) is 8.29. The van der Waals surface area contributed by atoms with Crippen LogP contribution in [0.2, 0.25) is 0 Å². The fraction of sp³-hybridized carbons (Fsp3) is 0.150. The number of rotatable bonds is 5. The van der Waals surface area contributed by atoms with Gasteiger partial charge in [0.25, 0.3) is 11.8 Å². The molecule has 0 atom stereocenters. The van der Waals surface area contributed by atoms with Crippen LogP contribution >= 0.6 is 11.8 Å². The number of likely N-dealkylation sites (N-methyl/N-ethyl adjacent to an activating group) is 1. The number of carbonyl (C=O) groups excluding carboxylic acids is 2. The Hall–Kier alpha value is -3.06. The summed E-state index contributed by atoms with van der Waals surface area (Å²) in [7, 11) is 3.34. The highest BCUT2D eigenvalue weighted by atomic mass is 32.2. The fourth-order valence-electron chi connectivity index (χ4n) is 2.48. The lowest BCUT2D eigenvalue weighted by Gasteiger charge is -2.10. The second kappa shape index (κ2) is 8.55. The van der Waals surface area contributed by atoms with Gasteiger partial charge in [0.05, 0.1) is 4.91 Å². The lowest BCUT2D eigenvalue weighted by Crippen LogP contribution is -2.23. The van der Waals surface area contributed by atoms with Gasteiger partial charge in [-0.15, -0.1) is 0 Å². The van der Waals surface area contributed by atoms with Gasteiger partial charge in [-0.2, -0.15) is 0 Å². The van der Waals surface area contributed by atoms with Crippen LogP contribution < -0.4 is 10.1 Å². The van der Waals surface area contributed by atoms with Crippen LogP contribution in [0, 0.1) is 0 Å². The maximum atomic E-state index is 12.3. The topological polar surface area (TPSA) is 71.0 Å². The average molecular weight is 381 g/mol. The Morgan fingerprint density at radius 2 is 1.89 bits per heavy atom. The van der Waals surface area contributed by atoms with Crippen molar-refractivity contribution in [3.63, 3.8) is 0 Å². The number of benzene rings is 2. The van der Waals surface area contributed by atoms with Crippen LogP contribution in [0.4, 0.5) is 5.69 Å². The Bertz CT molecular complexity index is 910. The number of para-hydroxylation sites is 2. The summed E-state index contributed by atoms with van der Waals surface area (Å²) in [5.41, 5.74) is 1.44. The lowest BCUT2D eigenvalue weighted by molar-refractivity contribution is -0.121. The Labute approximate surface area is 161 Å². The van der Waals surface area contributed by atoms with Crippen molar-refractivity contribution < 1.29 is 14.3 Å². The summed E-state index contributed by atoms with van der Waals surface area (Å²) in [6, 6.07) is 16.5. The number of aliphatic imine (C=N–C) groups is 1. The molecule has 138 valence electrons. The Kier molecular flexibility index (Phi) is 5.93. The van der Waals surface area contributed by atoms with E-state index >= 15 is 0 Å². The summed E-state index contributed by atoms with van der Waals surface area (Å²) in [6.45, 7) is -0.127. The van der Waals surface area contributed by atoms with Crippen LogP contribution in [-0.2, 0) is 9.59 Å². The Morgan fingerprint density at radius 3 is 2.59 bits per heavy atom. The van der Waals surface area contributed by atoms with Gasteiger partial charge in [0.1, 0.15) is 5.75 Å². The third-order valence-corrected chi connectivity index (χ3v) is 4.97. The highest BCUT2D eigenvalue weighted by Gasteiger charge is 2.29. The number of carbonyl (C=O) groups is 2. The maximum absolute atomic E-state index is 12.3. The molecular formula is C20H19N3O3S. The standard InChI is InChI=1S/C20H19N3O3S/c1-21-20-23(2)19(25)17(27-20)12-14-8-6-7-11-16(14)26-13-18(24)22-15-9-4-3-5-10-15/h3-12H,13H2,1-2H3,(H,22,24). The third-order valence-electron chi connectivity index (χ3n) is 3.82. The Balaban J connectivity index is 1.70. The van der Waals surface area contributed by atoms with Crippen molar-refractivity contribution in [1.29, 1.82) is 0 Å². The van der Waals surface area contributed by atoms with Crippen molar-refractivity contribution in [2.75, 3.05) is 26.0 Å². The van der Waals surface area contributed by atoms with Crippen LogP contribution in [0.5, 0.6) is 5.75 Å². The van der Waals surface area contributed by atoms with E-state index in [0.717, 1.165) is 5.56 Å². The first kappa shape index (κ1) is 18.7. The second-order valence-electron chi connectivity index (χ2n) is 5.72. The summed E-state index contributed by atoms with van der Waals surface area (Å²) < 4.78 is 5.68. The van der Waals surface area contributed by atoms with E-state index in [1.54, 1.807) is 26.2 Å². The number of nitrogens with one attached hydrogen (secondary N) is 1. The average Bonchev–Trinajstić information content (AvgIpc) is 2.96. The van der Waals surface area contributed by atoms with Gasteiger partial charge < -0.3 is 10.1 Å². The molecule has 1 N–H and O–H groups in total. The number of anilines is 1. The van der Waals surface area contributed by atoms with Gasteiger partial charge >= 0.3 is 0 Å². The third kappa shape index (κ3) is 4.57. The molecule has 27 heavy (non-hydrogen) atoms. The van der Waals surface area contributed by atoms with E-state index < -0.39 is 0 Å². The number of hydrogen-bond donors (Lipinski definition) is 1. The summed E-state index contributed by atoms with van der Waals surface area (Å²) in [4.78, 5) is 30.6. The molecule has 0 bridgehead atoms. The van der Waals surface area contributed by atoms with Gasteiger partial charge in [-0.1, -0.05) is 36.4 Å². The quantitative estimate of drug-likeness (QED) is 0.807. The van der Waals surface area contributed by atoms with Crippen molar-refractivity contribution in [3.8, 4) is 5.75 Å². The number of thioether (sulfide) groups is 1. The van der Waals surface area contributed by atoms with Gasteiger partial charge in [0, 0.05) is 25.3 Å². The largest absolute Gasteiger partial charge is 0.483 e. The molecule has 1 aliphatic rings. The van der Waals surface area contributed by atoms with Gasteiger partial charge in [-0.25, -0.2) is 0 Å². The molecule has 2 aromatic rings. The normalized spacial score (nSPS) is 16.8. The van der Waals surface area contributed by atoms with Crippen LogP contribution in [0.1, 0.15) is 5.56 Å². The van der Waals surface area contributed by atoms with Crippen LogP contribution in [0.3, 0.4) is 0 Å². The van der Waals surface area contributed by atoms with Gasteiger partial charge in [0.2, 0.25) is 0 Å². The van der Waals surface area contributed by atoms with Gasteiger partial charge in [0.15, 0.2) is 11.8 Å². The minimum atomic E-state index is -0.255. The van der Waals surface area contributed by atoms with Crippen molar-refractivity contribution >= 4 is 40.5 Å². The number of hydrogen-bond acceptors (Lipinski definition) is 5. The predicted molar refractivity (Wildman–Crippen MR) is 109 cm³/mol. The van der Waals surface area contributed by atoms with E-state index in [4.69, 9.17) is 4.74 Å². The lowest BCUT2D eigenvalue weighted by atomic mass is 10.2. The number of amidine groups is 1.